The second-order valence-corrected chi connectivity index (χ2v) is 8.07. The van der Waals surface area contributed by atoms with Gasteiger partial charge in [-0.1, -0.05) is 12.5 Å². The Morgan fingerprint density at radius 1 is 1.10 bits per heavy atom. The number of carbonyl (C=O) groups is 1. The van der Waals surface area contributed by atoms with E-state index in [2.05, 4.69) is 11.4 Å². The van der Waals surface area contributed by atoms with Gasteiger partial charge in [0.25, 0.3) is 0 Å². The number of carbonyl (C=O) groups excluding carboxylic acids is 1. The third-order valence-corrected chi connectivity index (χ3v) is 5.47. The van der Waals surface area contributed by atoms with Crippen LogP contribution in [0.4, 0.5) is 16.2 Å². The summed E-state index contributed by atoms with van der Waals surface area (Å²) in [6.45, 7) is 5.27. The fourth-order valence-corrected chi connectivity index (χ4v) is 3.97. The molecule has 0 fully saturated rings. The lowest BCUT2D eigenvalue weighted by molar-refractivity contribution is 0.256. The van der Waals surface area contributed by atoms with Gasteiger partial charge in [-0.3, -0.25) is 4.90 Å². The van der Waals surface area contributed by atoms with Crippen molar-refractivity contribution in [2.24, 2.45) is 0 Å². The van der Waals surface area contributed by atoms with Crippen LogP contribution in [-0.2, 0) is 19.5 Å². The molecule has 0 unspecified atom stereocenters. The molecule has 0 atom stereocenters. The van der Waals surface area contributed by atoms with Gasteiger partial charge in [0.15, 0.2) is 5.82 Å². The van der Waals surface area contributed by atoms with E-state index in [0.717, 1.165) is 54.2 Å². The summed E-state index contributed by atoms with van der Waals surface area (Å²) in [6.07, 6.45) is 4.40. The summed E-state index contributed by atoms with van der Waals surface area (Å²) < 4.78 is 7.21. The maximum Gasteiger partial charge on any atom is 0.326 e. The van der Waals surface area contributed by atoms with Crippen molar-refractivity contribution in [3.63, 3.8) is 0 Å². The fraction of sp³-hybridized carbons (Fsp3) is 0.375. The van der Waals surface area contributed by atoms with Crippen LogP contribution < -0.4 is 15.0 Å². The predicted octanol–water partition coefficient (Wildman–Crippen LogP) is 4.87. The van der Waals surface area contributed by atoms with E-state index >= 15 is 0 Å². The first-order valence-corrected chi connectivity index (χ1v) is 10.8. The molecule has 2 heterocycles. The minimum atomic E-state index is -0.222. The Labute approximate surface area is 183 Å². The van der Waals surface area contributed by atoms with E-state index in [0.29, 0.717) is 18.1 Å². The van der Waals surface area contributed by atoms with E-state index in [1.165, 1.54) is 6.42 Å². The highest BCUT2D eigenvalue weighted by Gasteiger charge is 2.21. The number of urea groups is 1. The highest BCUT2D eigenvalue weighted by atomic mass is 16.5. The highest BCUT2D eigenvalue weighted by Crippen LogP contribution is 2.23. The number of fused-ring (bicyclic) bond motifs is 1. The van der Waals surface area contributed by atoms with Gasteiger partial charge in [-0.15, -0.1) is 0 Å². The minimum absolute atomic E-state index is 0.222. The van der Waals surface area contributed by atoms with Crippen LogP contribution in [0, 0.1) is 13.8 Å². The second kappa shape index (κ2) is 9.20. The number of aromatic nitrogens is 3. The van der Waals surface area contributed by atoms with Gasteiger partial charge in [-0.05, 0) is 74.2 Å². The van der Waals surface area contributed by atoms with E-state index in [1.807, 2.05) is 54.9 Å². The molecule has 1 aromatic heterocycles. The summed E-state index contributed by atoms with van der Waals surface area (Å²) in [5, 5.41) is 7.69. The van der Waals surface area contributed by atoms with Crippen molar-refractivity contribution < 1.29 is 9.53 Å². The maximum atomic E-state index is 13.3. The zero-order valence-electron chi connectivity index (χ0n) is 18.4. The zero-order valence-corrected chi connectivity index (χ0v) is 18.4. The lowest BCUT2D eigenvalue weighted by atomic mass is 10.1. The predicted molar refractivity (Wildman–Crippen MR) is 122 cm³/mol. The Morgan fingerprint density at radius 2 is 1.84 bits per heavy atom. The van der Waals surface area contributed by atoms with Gasteiger partial charge in [0, 0.05) is 24.3 Å². The molecule has 0 radical (unpaired) electrons. The number of rotatable bonds is 5. The Hall–Kier alpha value is -3.35. The molecular weight excluding hydrogens is 390 g/mol. The van der Waals surface area contributed by atoms with Gasteiger partial charge < -0.3 is 10.1 Å². The normalized spacial score (nSPS) is 13.3. The summed E-state index contributed by atoms with van der Waals surface area (Å²) in [5.41, 5.74) is 3.74. The number of nitrogens with zero attached hydrogens (tertiary/aromatic N) is 4. The number of anilines is 2. The van der Waals surface area contributed by atoms with E-state index in [9.17, 15) is 4.79 Å². The van der Waals surface area contributed by atoms with Gasteiger partial charge in [0.2, 0.25) is 0 Å². The number of benzene rings is 2. The molecule has 2 amide bonds. The maximum absolute atomic E-state index is 13.3. The van der Waals surface area contributed by atoms with Crippen molar-refractivity contribution in [1.82, 2.24) is 14.8 Å². The molecule has 31 heavy (non-hydrogen) atoms. The van der Waals surface area contributed by atoms with Crippen LogP contribution in [0.1, 0.15) is 42.0 Å². The molecule has 4 rings (SSSR count). The van der Waals surface area contributed by atoms with E-state index < -0.39 is 0 Å². The van der Waals surface area contributed by atoms with E-state index in [-0.39, 0.29) is 6.03 Å². The third-order valence-electron chi connectivity index (χ3n) is 5.47. The van der Waals surface area contributed by atoms with Gasteiger partial charge in [0.1, 0.15) is 11.6 Å². The minimum Gasteiger partial charge on any atom is -0.497 e. The first-order chi connectivity index (χ1) is 15.0. The topological polar surface area (TPSA) is 72.3 Å². The molecule has 0 spiro atoms. The average Bonchev–Trinajstić information content (AvgIpc) is 3.00. The molecule has 0 saturated carbocycles. The molecule has 0 bridgehead atoms. The molecule has 2 aromatic carbocycles. The number of methoxy groups -OCH3 is 1. The third kappa shape index (κ3) is 5.05. The smallest absolute Gasteiger partial charge is 0.326 e. The summed E-state index contributed by atoms with van der Waals surface area (Å²) in [5.74, 6) is 2.43. The number of aryl methyl sites for hydroxylation is 4. The average molecular weight is 420 g/mol. The fourth-order valence-electron chi connectivity index (χ4n) is 3.97. The molecule has 1 aliphatic rings. The molecule has 3 aromatic rings. The second-order valence-electron chi connectivity index (χ2n) is 8.07. The van der Waals surface area contributed by atoms with Crippen LogP contribution in [0.3, 0.4) is 0 Å². The summed E-state index contributed by atoms with van der Waals surface area (Å²) >= 11 is 0. The monoisotopic (exact) mass is 419 g/mol. The molecule has 1 N–H and O–H groups in total. The van der Waals surface area contributed by atoms with Crippen molar-refractivity contribution in [3.8, 4) is 5.75 Å². The summed E-state index contributed by atoms with van der Waals surface area (Å²) in [7, 11) is 1.62. The molecule has 0 saturated heterocycles. The van der Waals surface area contributed by atoms with Crippen LogP contribution in [0.25, 0.3) is 0 Å². The van der Waals surface area contributed by atoms with Gasteiger partial charge >= 0.3 is 6.03 Å². The SMILES string of the molecule is COc1ccc(NC(=O)N(Cc2nc3n(n2)CCCCC3)c2cc(C)cc(C)c2)cc1. The number of hydrogen-bond acceptors (Lipinski definition) is 4. The van der Waals surface area contributed by atoms with E-state index in [1.54, 1.807) is 12.0 Å². The van der Waals surface area contributed by atoms with Crippen LogP contribution in [0.2, 0.25) is 0 Å². The zero-order chi connectivity index (χ0) is 21.8. The Kier molecular flexibility index (Phi) is 6.21. The molecule has 7 heteroatoms. The largest absolute Gasteiger partial charge is 0.497 e. The molecule has 1 aliphatic heterocycles. The first-order valence-electron chi connectivity index (χ1n) is 10.8. The lowest BCUT2D eigenvalue weighted by Gasteiger charge is -2.23. The van der Waals surface area contributed by atoms with Crippen molar-refractivity contribution in [2.45, 2.75) is 52.6 Å². The molecule has 0 aliphatic carbocycles. The number of nitrogens with one attached hydrogen (secondary N) is 1. The number of amides is 2. The Bertz CT molecular complexity index is 1010. The van der Waals surface area contributed by atoms with Crippen molar-refractivity contribution in [1.29, 1.82) is 0 Å². The van der Waals surface area contributed by atoms with E-state index in [4.69, 9.17) is 14.8 Å². The van der Waals surface area contributed by atoms with Crippen molar-refractivity contribution >= 4 is 17.4 Å². The summed E-state index contributed by atoms with van der Waals surface area (Å²) in [4.78, 5) is 19.8. The van der Waals surface area contributed by atoms with Crippen LogP contribution in [0.5, 0.6) is 5.75 Å². The van der Waals surface area contributed by atoms with Crippen molar-refractivity contribution in [3.05, 3.63) is 65.2 Å². The number of hydrogen-bond donors (Lipinski definition) is 1. The van der Waals surface area contributed by atoms with Crippen LogP contribution >= 0.6 is 0 Å². The van der Waals surface area contributed by atoms with Gasteiger partial charge in [-0.2, -0.15) is 5.10 Å². The molecule has 7 nitrogen and oxygen atoms in total. The highest BCUT2D eigenvalue weighted by molar-refractivity contribution is 6.01. The van der Waals surface area contributed by atoms with Crippen LogP contribution in [0.15, 0.2) is 42.5 Å². The molecular formula is C24H29N5O2. The molecule has 162 valence electrons. The van der Waals surface area contributed by atoms with Gasteiger partial charge in [0.05, 0.1) is 13.7 Å². The van der Waals surface area contributed by atoms with Gasteiger partial charge in [-0.25, -0.2) is 14.5 Å². The lowest BCUT2D eigenvalue weighted by Crippen LogP contribution is -2.35. The summed E-state index contributed by atoms with van der Waals surface area (Å²) in [6, 6.07) is 13.2. The first kappa shape index (κ1) is 20.9. The number of ether oxygens (including phenoxy) is 1. The van der Waals surface area contributed by atoms with Crippen LogP contribution in [-0.4, -0.2) is 27.9 Å². The Morgan fingerprint density at radius 3 is 2.55 bits per heavy atom. The Balaban J connectivity index is 1.61. The standard InChI is InChI=1S/C24H29N5O2/c1-17-13-18(2)15-20(14-17)28(24(30)25-19-8-10-21(31-3)11-9-19)16-22-26-23-7-5-4-6-12-29(23)27-22/h8-11,13-15H,4-7,12,16H2,1-3H3,(H,25,30). The van der Waals surface area contributed by atoms with Crippen molar-refractivity contribution in [2.75, 3.05) is 17.3 Å². The quantitative estimate of drug-likeness (QED) is 0.640.